The van der Waals surface area contributed by atoms with E-state index in [0.29, 0.717) is 0 Å². The van der Waals surface area contributed by atoms with Gasteiger partial charge in [-0.3, -0.25) is 0 Å². The van der Waals surface area contributed by atoms with Gasteiger partial charge in [0.15, 0.2) is 0 Å². The van der Waals surface area contributed by atoms with Gasteiger partial charge in [0.1, 0.15) is 0 Å². The summed E-state index contributed by atoms with van der Waals surface area (Å²) < 4.78 is 0. The second-order valence-electron chi connectivity index (χ2n) is 5.07. The van der Waals surface area contributed by atoms with E-state index in [2.05, 4.69) is 6.92 Å². The summed E-state index contributed by atoms with van der Waals surface area (Å²) in [6, 6.07) is 0. The van der Waals surface area contributed by atoms with E-state index < -0.39 is 0 Å². The maximum atomic E-state index is 6.20. The molecule has 0 atom stereocenters. The molecule has 90 valence electrons. The number of hydrogen-bond acceptors (Lipinski definition) is 0. The van der Waals surface area contributed by atoms with Crippen molar-refractivity contribution >= 4 is 23.2 Å². The third kappa shape index (κ3) is 3.53. The van der Waals surface area contributed by atoms with Crippen LogP contribution in [0.15, 0.2) is 0 Å². The molecule has 1 fully saturated rings. The van der Waals surface area contributed by atoms with Gasteiger partial charge in [0.25, 0.3) is 0 Å². The number of unbranched alkanes of at least 4 members (excludes halogenated alkanes) is 2. The monoisotopic (exact) mass is 250 g/mol. The van der Waals surface area contributed by atoms with Crippen molar-refractivity contribution < 1.29 is 0 Å². The lowest BCUT2D eigenvalue weighted by Crippen LogP contribution is -2.33. The number of alkyl halides is 2. The molecule has 0 N–H and O–H groups in total. The molecule has 0 amide bonds. The topological polar surface area (TPSA) is 0 Å². The van der Waals surface area contributed by atoms with E-state index in [1.165, 1.54) is 51.4 Å². The van der Waals surface area contributed by atoms with Crippen molar-refractivity contribution in [3.8, 4) is 0 Å². The van der Waals surface area contributed by atoms with Gasteiger partial charge in [-0.1, -0.05) is 39.0 Å². The van der Waals surface area contributed by atoms with Crippen LogP contribution in [0.3, 0.4) is 0 Å². The van der Waals surface area contributed by atoms with Gasteiger partial charge in [0, 0.05) is 17.2 Å². The Morgan fingerprint density at radius 1 is 1.07 bits per heavy atom. The lowest BCUT2D eigenvalue weighted by molar-refractivity contribution is 0.202. The van der Waals surface area contributed by atoms with Crippen molar-refractivity contribution in [2.75, 3.05) is 11.8 Å². The molecule has 1 aliphatic carbocycles. The fourth-order valence-corrected chi connectivity index (χ4v) is 3.85. The van der Waals surface area contributed by atoms with Crippen molar-refractivity contribution in [1.29, 1.82) is 0 Å². The second kappa shape index (κ2) is 7.01. The first-order chi connectivity index (χ1) is 7.29. The van der Waals surface area contributed by atoms with Crippen molar-refractivity contribution in [3.05, 3.63) is 0 Å². The average molecular weight is 251 g/mol. The van der Waals surface area contributed by atoms with Gasteiger partial charge < -0.3 is 0 Å². The van der Waals surface area contributed by atoms with Crippen LogP contribution in [0.2, 0.25) is 0 Å². The zero-order chi connectivity index (χ0) is 11.1. The first-order valence-corrected chi connectivity index (χ1v) is 7.48. The number of rotatable bonds is 7. The molecule has 15 heavy (non-hydrogen) atoms. The minimum atomic E-state index is 0.245. The molecular weight excluding hydrogens is 227 g/mol. The van der Waals surface area contributed by atoms with E-state index in [4.69, 9.17) is 23.2 Å². The SMILES string of the molecule is CCCCCC(CCl)(CCl)C1CCCC1. The van der Waals surface area contributed by atoms with Crippen LogP contribution in [0.4, 0.5) is 0 Å². The highest BCUT2D eigenvalue weighted by Crippen LogP contribution is 2.45. The van der Waals surface area contributed by atoms with E-state index >= 15 is 0 Å². The highest BCUT2D eigenvalue weighted by Gasteiger charge is 2.38. The Morgan fingerprint density at radius 3 is 2.13 bits per heavy atom. The molecule has 0 unspecified atom stereocenters. The van der Waals surface area contributed by atoms with E-state index in [-0.39, 0.29) is 5.41 Å². The molecule has 1 saturated carbocycles. The molecule has 0 heterocycles. The van der Waals surface area contributed by atoms with Gasteiger partial charge in [-0.2, -0.15) is 0 Å². The lowest BCUT2D eigenvalue weighted by atomic mass is 9.74. The van der Waals surface area contributed by atoms with Crippen molar-refractivity contribution in [1.82, 2.24) is 0 Å². The Balaban J connectivity index is 2.50. The van der Waals surface area contributed by atoms with Crippen molar-refractivity contribution in [2.45, 2.75) is 58.3 Å². The van der Waals surface area contributed by atoms with Crippen LogP contribution in [0.5, 0.6) is 0 Å². The molecule has 0 aromatic rings. The number of hydrogen-bond donors (Lipinski definition) is 0. The maximum Gasteiger partial charge on any atom is 0.0294 e. The predicted molar refractivity (Wildman–Crippen MR) is 70.0 cm³/mol. The summed E-state index contributed by atoms with van der Waals surface area (Å²) in [6.45, 7) is 2.25. The first-order valence-electron chi connectivity index (χ1n) is 6.41. The molecule has 0 radical (unpaired) electrons. The van der Waals surface area contributed by atoms with Crippen molar-refractivity contribution in [2.24, 2.45) is 11.3 Å². The minimum Gasteiger partial charge on any atom is -0.126 e. The summed E-state index contributed by atoms with van der Waals surface area (Å²) >= 11 is 12.4. The molecule has 0 bridgehead atoms. The Bertz CT molecular complexity index is 158. The zero-order valence-electron chi connectivity index (χ0n) is 9.90. The predicted octanol–water partition coefficient (Wildman–Crippen LogP) is 5.22. The van der Waals surface area contributed by atoms with Crippen LogP contribution < -0.4 is 0 Å². The van der Waals surface area contributed by atoms with E-state index in [9.17, 15) is 0 Å². The van der Waals surface area contributed by atoms with Crippen LogP contribution >= 0.6 is 23.2 Å². The fraction of sp³-hybridized carbons (Fsp3) is 1.00. The molecule has 0 aromatic carbocycles. The van der Waals surface area contributed by atoms with Gasteiger partial charge in [0.2, 0.25) is 0 Å². The van der Waals surface area contributed by atoms with E-state index in [1.54, 1.807) is 0 Å². The summed E-state index contributed by atoms with van der Waals surface area (Å²) in [5, 5.41) is 0. The molecule has 2 heteroatoms. The van der Waals surface area contributed by atoms with Gasteiger partial charge in [-0.05, 0) is 25.2 Å². The Morgan fingerprint density at radius 2 is 1.67 bits per heavy atom. The lowest BCUT2D eigenvalue weighted by Gasteiger charge is -2.36. The second-order valence-corrected chi connectivity index (χ2v) is 5.60. The third-order valence-electron chi connectivity index (χ3n) is 4.03. The maximum absolute atomic E-state index is 6.20. The summed E-state index contributed by atoms with van der Waals surface area (Å²) in [6.07, 6.45) is 10.6. The van der Waals surface area contributed by atoms with Gasteiger partial charge in [-0.15, -0.1) is 23.2 Å². The quantitative estimate of drug-likeness (QED) is 0.430. The molecule has 1 aliphatic rings. The average Bonchev–Trinajstić information content (AvgIpc) is 2.79. The summed E-state index contributed by atoms with van der Waals surface area (Å²) in [7, 11) is 0. The molecular formula is C13H24Cl2. The molecule has 1 rings (SSSR count). The van der Waals surface area contributed by atoms with E-state index in [0.717, 1.165) is 17.7 Å². The molecule has 0 aromatic heterocycles. The Kier molecular flexibility index (Phi) is 6.38. The van der Waals surface area contributed by atoms with Crippen LogP contribution in [0.25, 0.3) is 0 Å². The van der Waals surface area contributed by atoms with Gasteiger partial charge in [-0.25, -0.2) is 0 Å². The Hall–Kier alpha value is 0.580. The fourth-order valence-electron chi connectivity index (χ4n) is 2.86. The van der Waals surface area contributed by atoms with Crippen LogP contribution in [-0.2, 0) is 0 Å². The molecule has 0 nitrogen and oxygen atoms in total. The summed E-state index contributed by atoms with van der Waals surface area (Å²) in [4.78, 5) is 0. The minimum absolute atomic E-state index is 0.245. The standard InChI is InChI=1S/C13H24Cl2/c1-2-3-6-9-13(10-14,11-15)12-7-4-5-8-12/h12H,2-11H2,1H3. The molecule has 0 saturated heterocycles. The van der Waals surface area contributed by atoms with Gasteiger partial charge in [0.05, 0.1) is 0 Å². The van der Waals surface area contributed by atoms with E-state index in [1.807, 2.05) is 0 Å². The highest BCUT2D eigenvalue weighted by atomic mass is 35.5. The Labute approximate surface area is 105 Å². The van der Waals surface area contributed by atoms with Crippen molar-refractivity contribution in [3.63, 3.8) is 0 Å². The van der Waals surface area contributed by atoms with Crippen LogP contribution in [0, 0.1) is 11.3 Å². The first kappa shape index (κ1) is 13.6. The zero-order valence-corrected chi connectivity index (χ0v) is 11.4. The smallest absolute Gasteiger partial charge is 0.0294 e. The third-order valence-corrected chi connectivity index (χ3v) is 5.10. The normalized spacial score (nSPS) is 18.6. The van der Waals surface area contributed by atoms with Crippen LogP contribution in [-0.4, -0.2) is 11.8 Å². The molecule has 0 spiro atoms. The largest absolute Gasteiger partial charge is 0.126 e. The summed E-state index contributed by atoms with van der Waals surface area (Å²) in [5.74, 6) is 2.31. The molecule has 0 aliphatic heterocycles. The van der Waals surface area contributed by atoms with Crippen LogP contribution in [0.1, 0.15) is 58.3 Å². The van der Waals surface area contributed by atoms with Gasteiger partial charge >= 0.3 is 0 Å². The number of halogens is 2. The highest BCUT2D eigenvalue weighted by molar-refractivity contribution is 6.21. The summed E-state index contributed by atoms with van der Waals surface area (Å²) in [5.41, 5.74) is 0.245.